The molecule has 9 heteroatoms. The highest BCUT2D eigenvalue weighted by molar-refractivity contribution is 6.32. The summed E-state index contributed by atoms with van der Waals surface area (Å²) < 4.78 is 10.1. The minimum Gasteiger partial charge on any atom is -0.495 e. The van der Waals surface area contributed by atoms with Crippen molar-refractivity contribution in [3.63, 3.8) is 0 Å². The average Bonchev–Trinajstić information content (AvgIpc) is 3.25. The maximum atomic E-state index is 12.3. The first-order chi connectivity index (χ1) is 13.9. The van der Waals surface area contributed by atoms with E-state index in [2.05, 4.69) is 0 Å². The molecule has 152 valence electrons. The lowest BCUT2D eigenvalue weighted by Gasteiger charge is -2.17. The molecule has 0 radical (unpaired) electrons. The van der Waals surface area contributed by atoms with Crippen molar-refractivity contribution in [1.29, 1.82) is 0 Å². The highest BCUT2D eigenvalue weighted by Crippen LogP contribution is 2.32. The summed E-state index contributed by atoms with van der Waals surface area (Å²) in [6.07, 6.45) is 1.94. The van der Waals surface area contributed by atoms with Gasteiger partial charge in [0, 0.05) is 24.7 Å². The Morgan fingerprint density at radius 2 is 1.83 bits per heavy atom. The number of methoxy groups -OCH3 is 1. The van der Waals surface area contributed by atoms with Gasteiger partial charge in [-0.3, -0.25) is 14.9 Å². The Morgan fingerprint density at radius 3 is 2.45 bits per heavy atom. The number of ether oxygens (including phenoxy) is 2. The van der Waals surface area contributed by atoms with Crippen LogP contribution in [0.3, 0.4) is 0 Å². The molecule has 0 spiro atoms. The van der Waals surface area contributed by atoms with Crippen molar-refractivity contribution in [3.05, 3.63) is 62.7 Å². The summed E-state index contributed by atoms with van der Waals surface area (Å²) >= 11 is 6.00. The lowest BCUT2D eigenvalue weighted by Crippen LogP contribution is -2.19. The Bertz CT molecular complexity index is 956. The molecule has 2 aromatic rings. The number of hydrogen-bond acceptors (Lipinski definition) is 7. The largest absolute Gasteiger partial charge is 0.495 e. The molecule has 0 aliphatic carbocycles. The maximum absolute atomic E-state index is 12.3. The molecule has 3 rings (SSSR count). The highest BCUT2D eigenvalue weighted by atomic mass is 35.5. The molecule has 8 nitrogen and oxygen atoms in total. The van der Waals surface area contributed by atoms with Gasteiger partial charge >= 0.3 is 5.97 Å². The van der Waals surface area contributed by atoms with E-state index in [0.717, 1.165) is 25.9 Å². The van der Waals surface area contributed by atoms with E-state index >= 15 is 0 Å². The van der Waals surface area contributed by atoms with Crippen molar-refractivity contribution in [1.82, 2.24) is 0 Å². The fraction of sp³-hybridized carbons (Fsp3) is 0.300. The number of ketones is 1. The first-order valence-corrected chi connectivity index (χ1v) is 9.35. The molecular formula is C20H19ClN2O6. The van der Waals surface area contributed by atoms with Crippen molar-refractivity contribution in [2.75, 3.05) is 31.7 Å². The minimum absolute atomic E-state index is 0.0141. The van der Waals surface area contributed by atoms with Crippen LogP contribution in [0.5, 0.6) is 5.75 Å². The molecule has 2 aromatic carbocycles. The molecule has 0 N–H and O–H groups in total. The van der Waals surface area contributed by atoms with E-state index in [-0.39, 0.29) is 21.8 Å². The Balaban J connectivity index is 1.70. The van der Waals surface area contributed by atoms with Crippen LogP contribution in [0, 0.1) is 10.1 Å². The van der Waals surface area contributed by atoms with Crippen molar-refractivity contribution in [3.8, 4) is 5.75 Å². The molecule has 1 aliphatic rings. The Labute approximate surface area is 172 Å². The third-order valence-electron chi connectivity index (χ3n) is 4.66. The Morgan fingerprint density at radius 1 is 1.14 bits per heavy atom. The molecule has 1 fully saturated rings. The zero-order valence-electron chi connectivity index (χ0n) is 15.7. The number of Topliss-reactive ketones (excluding diaryl/α,β-unsaturated/α-hetero) is 1. The molecule has 0 atom stereocenters. The van der Waals surface area contributed by atoms with E-state index in [0.29, 0.717) is 11.4 Å². The normalized spacial score (nSPS) is 13.2. The fourth-order valence-corrected chi connectivity index (χ4v) is 3.42. The number of nitrogens with zero attached hydrogens (tertiary/aromatic N) is 2. The van der Waals surface area contributed by atoms with Crippen LogP contribution < -0.4 is 9.64 Å². The number of nitro benzene ring substituents is 1. The summed E-state index contributed by atoms with van der Waals surface area (Å²) in [5, 5.41) is 11.7. The summed E-state index contributed by atoms with van der Waals surface area (Å²) in [4.78, 5) is 37.4. The first-order valence-electron chi connectivity index (χ1n) is 8.98. The molecule has 0 saturated carbocycles. The van der Waals surface area contributed by atoms with Gasteiger partial charge in [0.25, 0.3) is 5.69 Å². The van der Waals surface area contributed by atoms with Crippen molar-refractivity contribution in [2.45, 2.75) is 12.8 Å². The number of esters is 1. The summed E-state index contributed by atoms with van der Waals surface area (Å²) in [5.74, 6) is -0.842. The summed E-state index contributed by atoms with van der Waals surface area (Å²) in [7, 11) is 1.46. The van der Waals surface area contributed by atoms with Crippen LogP contribution in [-0.2, 0) is 4.74 Å². The topological polar surface area (TPSA) is 99.0 Å². The number of halogens is 1. The van der Waals surface area contributed by atoms with Gasteiger partial charge in [-0.2, -0.15) is 0 Å². The fourth-order valence-electron chi connectivity index (χ4n) is 3.16. The van der Waals surface area contributed by atoms with Crippen LogP contribution in [0.25, 0.3) is 0 Å². The van der Waals surface area contributed by atoms with Crippen molar-refractivity contribution in [2.24, 2.45) is 0 Å². The zero-order valence-corrected chi connectivity index (χ0v) is 16.5. The number of carbonyl (C=O) groups excluding carboxylic acids is 2. The van der Waals surface area contributed by atoms with Crippen LogP contribution in [0.4, 0.5) is 11.4 Å². The van der Waals surface area contributed by atoms with Crippen LogP contribution in [0.15, 0.2) is 36.4 Å². The highest BCUT2D eigenvalue weighted by Gasteiger charge is 2.24. The molecule has 0 amide bonds. The predicted molar refractivity (Wildman–Crippen MR) is 107 cm³/mol. The summed E-state index contributed by atoms with van der Waals surface area (Å²) in [6.45, 7) is 0.969. The Kier molecular flexibility index (Phi) is 6.33. The molecule has 1 saturated heterocycles. The number of rotatable bonds is 7. The van der Waals surface area contributed by atoms with Crippen LogP contribution in [-0.4, -0.2) is 43.5 Å². The smallest absolute Gasteiger partial charge is 0.338 e. The number of hydrogen-bond donors (Lipinski definition) is 0. The second-order valence-corrected chi connectivity index (χ2v) is 6.91. The summed E-state index contributed by atoms with van der Waals surface area (Å²) in [5.41, 5.74) is 0.599. The van der Waals surface area contributed by atoms with Gasteiger partial charge in [-0.25, -0.2) is 4.79 Å². The zero-order chi connectivity index (χ0) is 21.0. The third kappa shape index (κ3) is 4.65. The van der Waals surface area contributed by atoms with Gasteiger partial charge in [0.1, 0.15) is 11.4 Å². The molecule has 1 aliphatic heterocycles. The summed E-state index contributed by atoms with van der Waals surface area (Å²) in [6, 6.07) is 8.67. The Hall–Kier alpha value is -3.13. The number of carbonyl (C=O) groups is 2. The van der Waals surface area contributed by atoms with E-state index < -0.39 is 23.3 Å². The van der Waals surface area contributed by atoms with Crippen LogP contribution in [0.2, 0.25) is 5.02 Å². The van der Waals surface area contributed by atoms with Crippen molar-refractivity contribution < 1.29 is 24.0 Å². The van der Waals surface area contributed by atoms with E-state index in [1.165, 1.54) is 37.4 Å². The SMILES string of the molecule is COc1ccc(C(=O)COC(=O)c2ccc(N3CCCC3)c([N+](=O)[O-])c2)cc1Cl. The number of benzene rings is 2. The van der Waals surface area contributed by atoms with E-state index in [1.807, 2.05) is 4.90 Å². The van der Waals surface area contributed by atoms with Crippen LogP contribution >= 0.6 is 11.6 Å². The van der Waals surface area contributed by atoms with Gasteiger partial charge < -0.3 is 14.4 Å². The molecule has 0 bridgehead atoms. The van der Waals surface area contributed by atoms with Gasteiger partial charge in [-0.1, -0.05) is 11.6 Å². The number of nitro groups is 1. The van der Waals surface area contributed by atoms with E-state index in [1.54, 1.807) is 6.07 Å². The van der Waals surface area contributed by atoms with Crippen LogP contribution in [0.1, 0.15) is 33.6 Å². The first kappa shape index (κ1) is 20.6. The molecule has 1 heterocycles. The van der Waals surface area contributed by atoms with Crippen molar-refractivity contribution >= 4 is 34.7 Å². The van der Waals surface area contributed by atoms with Gasteiger partial charge in [-0.05, 0) is 43.2 Å². The van der Waals surface area contributed by atoms with Gasteiger partial charge in [0.2, 0.25) is 0 Å². The quantitative estimate of drug-likeness (QED) is 0.291. The standard InChI is InChI=1S/C20H19ClN2O6/c1-28-19-7-5-13(10-15(19)21)18(24)12-29-20(25)14-4-6-16(17(11-14)23(26)27)22-8-2-3-9-22/h4-7,10-11H,2-3,8-9,12H2,1H3. The lowest BCUT2D eigenvalue weighted by molar-refractivity contribution is -0.384. The minimum atomic E-state index is -0.811. The second kappa shape index (κ2) is 8.91. The molecule has 0 aromatic heterocycles. The molecular weight excluding hydrogens is 400 g/mol. The maximum Gasteiger partial charge on any atom is 0.338 e. The van der Waals surface area contributed by atoms with E-state index in [4.69, 9.17) is 21.1 Å². The van der Waals surface area contributed by atoms with Gasteiger partial charge in [-0.15, -0.1) is 0 Å². The number of anilines is 1. The van der Waals surface area contributed by atoms with Gasteiger partial charge in [0.15, 0.2) is 12.4 Å². The lowest BCUT2D eigenvalue weighted by atomic mass is 10.1. The second-order valence-electron chi connectivity index (χ2n) is 6.50. The monoisotopic (exact) mass is 418 g/mol. The van der Waals surface area contributed by atoms with E-state index in [9.17, 15) is 19.7 Å². The average molecular weight is 419 g/mol. The third-order valence-corrected chi connectivity index (χ3v) is 4.96. The van der Waals surface area contributed by atoms with Gasteiger partial charge in [0.05, 0.1) is 22.6 Å². The molecule has 29 heavy (non-hydrogen) atoms. The predicted octanol–water partition coefficient (Wildman–Crippen LogP) is 3.90. The molecule has 0 unspecified atom stereocenters.